The van der Waals surface area contributed by atoms with Gasteiger partial charge in [0.2, 0.25) is 11.6 Å². The third kappa shape index (κ3) is 4.74. The van der Waals surface area contributed by atoms with Gasteiger partial charge in [0.15, 0.2) is 5.65 Å². The summed E-state index contributed by atoms with van der Waals surface area (Å²) in [6.45, 7) is 2.30. The van der Waals surface area contributed by atoms with Gasteiger partial charge >= 0.3 is 5.76 Å². The minimum absolute atomic E-state index is 0.0770. The number of nitrogens with one attached hydrogen (secondary N) is 2. The van der Waals surface area contributed by atoms with E-state index in [-0.39, 0.29) is 17.6 Å². The van der Waals surface area contributed by atoms with Crippen LogP contribution in [0.5, 0.6) is 0 Å². The third-order valence-corrected chi connectivity index (χ3v) is 6.54. The molecule has 1 aromatic carbocycles. The maximum absolute atomic E-state index is 12.3. The Morgan fingerprint density at radius 1 is 1.23 bits per heavy atom. The molecule has 0 spiro atoms. The summed E-state index contributed by atoms with van der Waals surface area (Å²) in [4.78, 5) is 39.9. The highest BCUT2D eigenvalue weighted by Gasteiger charge is 2.20. The number of hydrogen-bond acceptors (Lipinski definition) is 7. The van der Waals surface area contributed by atoms with Crippen molar-refractivity contribution >= 4 is 34.9 Å². The Labute approximate surface area is 205 Å². The second-order valence-electron chi connectivity index (χ2n) is 8.83. The molecule has 1 aliphatic carbocycles. The lowest BCUT2D eigenvalue weighted by atomic mass is 9.83. The van der Waals surface area contributed by atoms with E-state index < -0.39 is 5.76 Å². The molecule has 3 heterocycles. The van der Waals surface area contributed by atoms with E-state index in [0.29, 0.717) is 38.9 Å². The molecule has 0 unspecified atom stereocenters. The van der Waals surface area contributed by atoms with E-state index in [1.165, 1.54) is 12.8 Å². The van der Waals surface area contributed by atoms with Crippen LogP contribution in [0, 0.1) is 11.8 Å². The van der Waals surface area contributed by atoms with Crippen molar-refractivity contribution in [2.75, 3.05) is 7.05 Å². The molecule has 1 saturated carbocycles. The van der Waals surface area contributed by atoms with E-state index in [0.717, 1.165) is 18.8 Å². The second kappa shape index (κ2) is 9.46. The van der Waals surface area contributed by atoms with Crippen molar-refractivity contribution in [1.82, 2.24) is 35.0 Å². The topological polar surface area (TPSA) is 132 Å². The predicted molar refractivity (Wildman–Crippen MR) is 132 cm³/mol. The van der Waals surface area contributed by atoms with E-state index >= 15 is 0 Å². The van der Waals surface area contributed by atoms with Crippen LogP contribution in [-0.2, 0) is 0 Å². The van der Waals surface area contributed by atoms with E-state index in [2.05, 4.69) is 47.9 Å². The molecule has 0 bridgehead atoms. The van der Waals surface area contributed by atoms with Crippen LogP contribution in [0.3, 0.4) is 0 Å². The van der Waals surface area contributed by atoms with Crippen LogP contribution < -0.4 is 11.1 Å². The van der Waals surface area contributed by atoms with E-state index in [1.54, 1.807) is 31.6 Å². The van der Waals surface area contributed by atoms with Crippen molar-refractivity contribution < 1.29 is 9.32 Å². The molecule has 5 rings (SSSR count). The average molecular weight is 494 g/mol. The molecule has 1 aliphatic rings. The zero-order valence-electron chi connectivity index (χ0n) is 19.3. The van der Waals surface area contributed by atoms with Crippen molar-refractivity contribution in [2.24, 2.45) is 11.8 Å². The van der Waals surface area contributed by atoms with Crippen LogP contribution in [0.4, 0.5) is 0 Å². The molecule has 180 valence electrons. The predicted octanol–water partition coefficient (Wildman–Crippen LogP) is 4.15. The molecule has 0 radical (unpaired) electrons. The molecule has 4 aromatic rings. The SMILES string of the molecule is CNC(=O)c1cc(Cl)cc(-c2nc(-c3noc(=O)[nH]3)nc3ncn(C=CC4CCC(C)CC4)c23)c1. The van der Waals surface area contributed by atoms with Crippen LogP contribution in [0.25, 0.3) is 40.3 Å². The monoisotopic (exact) mass is 493 g/mol. The number of carbonyl (C=O) groups excluding carboxylic acids is 1. The lowest BCUT2D eigenvalue weighted by Crippen LogP contribution is -2.17. The number of aromatic amines is 1. The summed E-state index contributed by atoms with van der Waals surface area (Å²) in [5.74, 6) is 0.486. The summed E-state index contributed by atoms with van der Waals surface area (Å²) in [7, 11) is 1.55. The summed E-state index contributed by atoms with van der Waals surface area (Å²) < 4.78 is 6.50. The smallest absolute Gasteiger partial charge is 0.355 e. The lowest BCUT2D eigenvalue weighted by Gasteiger charge is -2.23. The Kier molecular flexibility index (Phi) is 6.21. The first-order valence-electron chi connectivity index (χ1n) is 11.4. The first-order chi connectivity index (χ1) is 16.9. The van der Waals surface area contributed by atoms with Gasteiger partial charge < -0.3 is 9.88 Å². The fourth-order valence-corrected chi connectivity index (χ4v) is 4.62. The minimum atomic E-state index is -0.717. The first-order valence-corrected chi connectivity index (χ1v) is 11.8. The molecule has 1 fully saturated rings. The van der Waals surface area contributed by atoms with Gasteiger partial charge in [0.25, 0.3) is 5.91 Å². The second-order valence-corrected chi connectivity index (χ2v) is 9.27. The number of benzene rings is 1. The van der Waals surface area contributed by atoms with Gasteiger partial charge in [-0.1, -0.05) is 42.6 Å². The number of imidazole rings is 1. The molecular formula is C24H24ClN7O3. The first kappa shape index (κ1) is 23.0. The summed E-state index contributed by atoms with van der Waals surface area (Å²) >= 11 is 6.37. The number of H-pyrrole nitrogens is 1. The average Bonchev–Trinajstić information content (AvgIpc) is 3.48. The van der Waals surface area contributed by atoms with Gasteiger partial charge in [0.1, 0.15) is 17.5 Å². The van der Waals surface area contributed by atoms with Crippen molar-refractivity contribution in [3.05, 3.63) is 51.7 Å². The number of halogens is 1. The highest BCUT2D eigenvalue weighted by molar-refractivity contribution is 6.31. The zero-order chi connectivity index (χ0) is 24.5. The third-order valence-electron chi connectivity index (χ3n) is 6.32. The molecule has 2 N–H and O–H groups in total. The molecule has 0 aliphatic heterocycles. The van der Waals surface area contributed by atoms with E-state index in [1.807, 2.05) is 10.8 Å². The fourth-order valence-electron chi connectivity index (χ4n) is 4.39. The number of fused-ring (bicyclic) bond motifs is 1. The molecule has 0 saturated heterocycles. The molecule has 1 amide bonds. The van der Waals surface area contributed by atoms with Crippen molar-refractivity contribution in [2.45, 2.75) is 32.6 Å². The fraction of sp³-hybridized carbons (Fsp3) is 0.333. The Morgan fingerprint density at radius 3 is 2.74 bits per heavy atom. The van der Waals surface area contributed by atoms with Gasteiger partial charge in [0.05, 0.1) is 0 Å². The Bertz CT molecular complexity index is 1480. The van der Waals surface area contributed by atoms with Crippen LogP contribution in [0.15, 0.2) is 39.9 Å². The summed E-state index contributed by atoms with van der Waals surface area (Å²) in [6, 6.07) is 5.00. The molecule has 10 nitrogen and oxygen atoms in total. The lowest BCUT2D eigenvalue weighted by molar-refractivity contribution is 0.0963. The maximum Gasteiger partial charge on any atom is 0.439 e. The molecule has 0 atom stereocenters. The summed E-state index contributed by atoms with van der Waals surface area (Å²) in [5.41, 5.74) is 2.51. The van der Waals surface area contributed by atoms with Gasteiger partial charge in [-0.3, -0.25) is 14.3 Å². The van der Waals surface area contributed by atoms with Gasteiger partial charge in [-0.05, 0) is 42.9 Å². The van der Waals surface area contributed by atoms with Crippen LogP contribution in [0.2, 0.25) is 5.02 Å². The largest absolute Gasteiger partial charge is 0.439 e. The number of hydrogen-bond donors (Lipinski definition) is 2. The molecular weight excluding hydrogens is 470 g/mol. The number of allylic oxidation sites excluding steroid dienone is 1. The Hall–Kier alpha value is -3.79. The molecule has 35 heavy (non-hydrogen) atoms. The van der Waals surface area contributed by atoms with Gasteiger partial charge in [-0.2, -0.15) is 0 Å². The number of nitrogens with zero attached hydrogens (tertiary/aromatic N) is 5. The van der Waals surface area contributed by atoms with Crippen LogP contribution in [0.1, 0.15) is 43.0 Å². The highest BCUT2D eigenvalue weighted by atomic mass is 35.5. The minimum Gasteiger partial charge on any atom is -0.355 e. The quantitative estimate of drug-likeness (QED) is 0.427. The number of amides is 1. The number of aromatic nitrogens is 6. The highest BCUT2D eigenvalue weighted by Crippen LogP contribution is 2.32. The van der Waals surface area contributed by atoms with Crippen LogP contribution >= 0.6 is 11.6 Å². The van der Waals surface area contributed by atoms with Crippen molar-refractivity contribution in [3.63, 3.8) is 0 Å². The van der Waals surface area contributed by atoms with E-state index in [9.17, 15) is 9.59 Å². The van der Waals surface area contributed by atoms with E-state index in [4.69, 9.17) is 11.6 Å². The standard InChI is InChI=1S/C24H24ClN7O3/c1-13-3-5-14(6-4-13)7-8-32-12-27-20-19(32)18(28-21(29-20)22-30-24(34)35-31-22)15-9-16(23(33)26-2)11-17(25)10-15/h7-14H,3-6H2,1-2H3,(H,26,33)(H,30,31,34). The van der Waals surface area contributed by atoms with Gasteiger partial charge in [-0.25, -0.2) is 19.7 Å². The summed E-state index contributed by atoms with van der Waals surface area (Å²) in [5, 5.41) is 6.69. The normalized spacial score (nSPS) is 18.4. The molecule has 11 heteroatoms. The maximum atomic E-state index is 12.3. The number of rotatable bonds is 5. The van der Waals surface area contributed by atoms with Crippen molar-refractivity contribution in [3.8, 4) is 22.9 Å². The van der Waals surface area contributed by atoms with Gasteiger partial charge in [-0.15, -0.1) is 0 Å². The summed E-state index contributed by atoms with van der Waals surface area (Å²) in [6.07, 6.45) is 10.6. The Balaban J connectivity index is 1.66. The van der Waals surface area contributed by atoms with Crippen molar-refractivity contribution in [1.29, 1.82) is 0 Å². The van der Waals surface area contributed by atoms with Crippen LogP contribution in [-0.4, -0.2) is 42.6 Å². The van der Waals surface area contributed by atoms with Gasteiger partial charge in [0, 0.05) is 29.4 Å². The zero-order valence-corrected chi connectivity index (χ0v) is 20.0. The molecule has 3 aromatic heterocycles. The Morgan fingerprint density at radius 2 is 2.03 bits per heavy atom. The number of carbonyl (C=O) groups is 1.